The van der Waals surface area contributed by atoms with Gasteiger partial charge in [-0.3, -0.25) is 4.98 Å². The summed E-state index contributed by atoms with van der Waals surface area (Å²) >= 11 is 3.37. The van der Waals surface area contributed by atoms with Crippen molar-refractivity contribution in [1.82, 2.24) is 20.1 Å². The summed E-state index contributed by atoms with van der Waals surface area (Å²) in [6, 6.07) is 3.91. The van der Waals surface area contributed by atoms with Gasteiger partial charge in [0.1, 0.15) is 5.01 Å². The standard InChI is InChI=1S/C11H14N4S2/c1-15(2)6-7-16-11-14-13-10(17-11)9-4-3-5-12-8-9/h3-5,8H,6-7H2,1-2H3. The normalized spacial score (nSPS) is 11.0. The average molecular weight is 266 g/mol. The molecule has 0 N–H and O–H groups in total. The third-order valence-electron chi connectivity index (χ3n) is 2.08. The Balaban J connectivity index is 1.97. The number of aromatic nitrogens is 3. The van der Waals surface area contributed by atoms with E-state index in [1.54, 1.807) is 29.3 Å². The highest BCUT2D eigenvalue weighted by Crippen LogP contribution is 2.28. The molecule has 0 bridgehead atoms. The van der Waals surface area contributed by atoms with Gasteiger partial charge in [0.15, 0.2) is 4.34 Å². The third-order valence-corrected chi connectivity index (χ3v) is 4.16. The molecule has 0 fully saturated rings. The van der Waals surface area contributed by atoms with Crippen molar-refractivity contribution in [1.29, 1.82) is 0 Å². The Labute approximate surface area is 109 Å². The Morgan fingerprint density at radius 1 is 1.35 bits per heavy atom. The van der Waals surface area contributed by atoms with Crippen molar-refractivity contribution in [3.63, 3.8) is 0 Å². The molecule has 0 aliphatic rings. The molecular formula is C11H14N4S2. The summed E-state index contributed by atoms with van der Waals surface area (Å²) in [4.78, 5) is 6.24. The number of thioether (sulfide) groups is 1. The Kier molecular flexibility index (Phi) is 4.47. The minimum absolute atomic E-state index is 0.936. The number of rotatable bonds is 5. The lowest BCUT2D eigenvalue weighted by Crippen LogP contribution is -2.14. The quantitative estimate of drug-likeness (QED) is 0.777. The van der Waals surface area contributed by atoms with Gasteiger partial charge in [-0.05, 0) is 26.2 Å². The minimum Gasteiger partial charge on any atom is -0.309 e. The molecule has 0 amide bonds. The highest BCUT2D eigenvalue weighted by Gasteiger charge is 2.06. The summed E-state index contributed by atoms with van der Waals surface area (Å²) in [5.74, 6) is 1.04. The Morgan fingerprint density at radius 3 is 2.94 bits per heavy atom. The lowest BCUT2D eigenvalue weighted by molar-refractivity contribution is 0.437. The van der Waals surface area contributed by atoms with Crippen LogP contribution in [0.25, 0.3) is 10.6 Å². The van der Waals surface area contributed by atoms with E-state index in [0.717, 1.165) is 27.2 Å². The van der Waals surface area contributed by atoms with Crippen LogP contribution in [0, 0.1) is 0 Å². The molecule has 2 aromatic rings. The number of hydrogen-bond donors (Lipinski definition) is 0. The molecule has 0 spiro atoms. The summed E-state index contributed by atoms with van der Waals surface area (Å²) in [6.45, 7) is 1.05. The van der Waals surface area contributed by atoms with Gasteiger partial charge in [0.25, 0.3) is 0 Å². The maximum Gasteiger partial charge on any atom is 0.174 e. The highest BCUT2D eigenvalue weighted by molar-refractivity contribution is 8.01. The van der Waals surface area contributed by atoms with Crippen molar-refractivity contribution in [3.05, 3.63) is 24.5 Å². The number of hydrogen-bond acceptors (Lipinski definition) is 6. The van der Waals surface area contributed by atoms with Crippen molar-refractivity contribution in [2.75, 3.05) is 26.4 Å². The van der Waals surface area contributed by atoms with Crippen LogP contribution in [-0.2, 0) is 0 Å². The van der Waals surface area contributed by atoms with Crippen LogP contribution in [0.1, 0.15) is 0 Å². The molecule has 0 atom stereocenters. The third kappa shape index (κ3) is 3.76. The molecule has 17 heavy (non-hydrogen) atoms. The van der Waals surface area contributed by atoms with E-state index in [1.165, 1.54) is 0 Å². The predicted octanol–water partition coefficient (Wildman–Crippen LogP) is 2.25. The van der Waals surface area contributed by atoms with E-state index in [1.807, 2.05) is 18.3 Å². The highest BCUT2D eigenvalue weighted by atomic mass is 32.2. The monoisotopic (exact) mass is 266 g/mol. The molecule has 0 aliphatic heterocycles. The first-order chi connectivity index (χ1) is 8.25. The Hall–Kier alpha value is -0.980. The molecule has 6 heteroatoms. The van der Waals surface area contributed by atoms with Gasteiger partial charge in [-0.2, -0.15) is 0 Å². The summed E-state index contributed by atoms with van der Waals surface area (Å²) in [7, 11) is 4.14. The predicted molar refractivity (Wildman–Crippen MR) is 72.4 cm³/mol. The maximum absolute atomic E-state index is 4.18. The molecule has 2 aromatic heterocycles. The van der Waals surface area contributed by atoms with E-state index in [0.29, 0.717) is 0 Å². The smallest absolute Gasteiger partial charge is 0.174 e. The molecule has 0 saturated carbocycles. The molecule has 2 heterocycles. The lowest BCUT2D eigenvalue weighted by Gasteiger charge is -2.06. The van der Waals surface area contributed by atoms with Crippen LogP contribution in [0.4, 0.5) is 0 Å². The van der Waals surface area contributed by atoms with Gasteiger partial charge in [-0.25, -0.2) is 0 Å². The number of nitrogens with zero attached hydrogens (tertiary/aromatic N) is 4. The molecule has 0 aliphatic carbocycles. The summed E-state index contributed by atoms with van der Waals surface area (Å²) < 4.78 is 1.02. The fourth-order valence-corrected chi connectivity index (χ4v) is 3.21. The van der Waals surface area contributed by atoms with E-state index >= 15 is 0 Å². The van der Waals surface area contributed by atoms with E-state index in [9.17, 15) is 0 Å². The van der Waals surface area contributed by atoms with Crippen LogP contribution in [0.15, 0.2) is 28.9 Å². The molecule has 90 valence electrons. The molecule has 0 radical (unpaired) electrons. The van der Waals surface area contributed by atoms with E-state index in [-0.39, 0.29) is 0 Å². The zero-order chi connectivity index (χ0) is 12.1. The molecule has 0 aromatic carbocycles. The first-order valence-electron chi connectivity index (χ1n) is 5.27. The van der Waals surface area contributed by atoms with Crippen LogP contribution in [0.5, 0.6) is 0 Å². The van der Waals surface area contributed by atoms with Gasteiger partial charge >= 0.3 is 0 Å². The first kappa shape index (κ1) is 12.5. The lowest BCUT2D eigenvalue weighted by atomic mass is 10.3. The summed E-state index contributed by atoms with van der Waals surface area (Å²) in [5.41, 5.74) is 1.03. The average Bonchev–Trinajstić information content (AvgIpc) is 2.78. The van der Waals surface area contributed by atoms with Crippen molar-refractivity contribution < 1.29 is 0 Å². The number of pyridine rings is 1. The van der Waals surface area contributed by atoms with Crippen molar-refractivity contribution in [2.24, 2.45) is 0 Å². The largest absolute Gasteiger partial charge is 0.309 e. The van der Waals surface area contributed by atoms with Gasteiger partial charge in [0.05, 0.1) is 0 Å². The molecule has 0 saturated heterocycles. The van der Waals surface area contributed by atoms with Crippen LogP contribution in [0.2, 0.25) is 0 Å². The molecule has 4 nitrogen and oxygen atoms in total. The van der Waals surface area contributed by atoms with Crippen LogP contribution >= 0.6 is 23.1 Å². The van der Waals surface area contributed by atoms with Gasteiger partial charge in [0, 0.05) is 30.3 Å². The minimum atomic E-state index is 0.936. The second kappa shape index (κ2) is 6.09. The second-order valence-electron chi connectivity index (χ2n) is 3.77. The van der Waals surface area contributed by atoms with Crippen LogP contribution in [-0.4, -0.2) is 46.5 Å². The maximum atomic E-state index is 4.18. The zero-order valence-corrected chi connectivity index (χ0v) is 11.5. The summed E-state index contributed by atoms with van der Waals surface area (Å²) in [5, 5.41) is 9.29. The molecule has 0 unspecified atom stereocenters. The van der Waals surface area contributed by atoms with Crippen LogP contribution in [0.3, 0.4) is 0 Å². The van der Waals surface area contributed by atoms with Crippen molar-refractivity contribution in [2.45, 2.75) is 4.34 Å². The molecular weight excluding hydrogens is 252 g/mol. The van der Waals surface area contributed by atoms with Crippen molar-refractivity contribution >= 4 is 23.1 Å². The van der Waals surface area contributed by atoms with Crippen LogP contribution < -0.4 is 0 Å². The zero-order valence-electron chi connectivity index (χ0n) is 9.83. The topological polar surface area (TPSA) is 41.9 Å². The van der Waals surface area contributed by atoms with Gasteiger partial charge in [-0.15, -0.1) is 10.2 Å². The fourth-order valence-electron chi connectivity index (χ4n) is 1.19. The Morgan fingerprint density at radius 2 is 2.24 bits per heavy atom. The van der Waals surface area contributed by atoms with E-state index in [4.69, 9.17) is 0 Å². The van der Waals surface area contributed by atoms with E-state index in [2.05, 4.69) is 34.2 Å². The molecule has 2 rings (SSSR count). The van der Waals surface area contributed by atoms with Gasteiger partial charge in [0.2, 0.25) is 0 Å². The summed E-state index contributed by atoms with van der Waals surface area (Å²) in [6.07, 6.45) is 3.58. The Bertz CT molecular complexity index is 456. The van der Waals surface area contributed by atoms with Crippen molar-refractivity contribution in [3.8, 4) is 10.6 Å². The van der Waals surface area contributed by atoms with E-state index < -0.39 is 0 Å². The fraction of sp³-hybridized carbons (Fsp3) is 0.364. The van der Waals surface area contributed by atoms with Gasteiger partial charge in [-0.1, -0.05) is 23.1 Å². The first-order valence-corrected chi connectivity index (χ1v) is 7.07. The second-order valence-corrected chi connectivity index (χ2v) is 6.09. The van der Waals surface area contributed by atoms with Gasteiger partial charge < -0.3 is 4.90 Å². The SMILES string of the molecule is CN(C)CCSc1nnc(-c2cccnc2)s1.